The minimum atomic E-state index is -0.544. The molecule has 2 atom stereocenters. The fourth-order valence-corrected chi connectivity index (χ4v) is 3.75. The molecule has 4 nitrogen and oxygen atoms in total. The van der Waals surface area contributed by atoms with Gasteiger partial charge in [-0.25, -0.2) is 0 Å². The van der Waals surface area contributed by atoms with Gasteiger partial charge in [0, 0.05) is 30.9 Å². The summed E-state index contributed by atoms with van der Waals surface area (Å²) < 4.78 is 0. The van der Waals surface area contributed by atoms with Crippen molar-refractivity contribution in [3.63, 3.8) is 0 Å². The molecule has 1 aliphatic heterocycles. The van der Waals surface area contributed by atoms with Crippen LogP contribution in [0, 0.1) is 0 Å². The first-order valence-corrected chi connectivity index (χ1v) is 9.05. The fourth-order valence-electron chi connectivity index (χ4n) is 3.75. The SMILES string of the molecule is O=C(Cc1ccccn1)N1CC[C@@H](c2ccc3ccccc3c2)[C@H](O)C1. The second kappa shape index (κ2) is 7.26. The highest BCUT2D eigenvalue weighted by Gasteiger charge is 2.31. The zero-order chi connectivity index (χ0) is 17.9. The number of benzene rings is 2. The van der Waals surface area contributed by atoms with Crippen molar-refractivity contribution in [3.8, 4) is 0 Å². The Balaban J connectivity index is 1.45. The van der Waals surface area contributed by atoms with Crippen LogP contribution < -0.4 is 0 Å². The van der Waals surface area contributed by atoms with Crippen molar-refractivity contribution < 1.29 is 9.90 Å². The average molecular weight is 346 g/mol. The lowest BCUT2D eigenvalue weighted by Crippen LogP contribution is -2.46. The topological polar surface area (TPSA) is 53.4 Å². The van der Waals surface area contributed by atoms with Gasteiger partial charge < -0.3 is 10.0 Å². The zero-order valence-corrected chi connectivity index (χ0v) is 14.6. The summed E-state index contributed by atoms with van der Waals surface area (Å²) in [4.78, 5) is 18.5. The molecule has 4 rings (SSSR count). The maximum Gasteiger partial charge on any atom is 0.228 e. The van der Waals surface area contributed by atoms with E-state index in [1.165, 1.54) is 10.8 Å². The molecule has 0 unspecified atom stereocenters. The van der Waals surface area contributed by atoms with Crippen LogP contribution in [-0.2, 0) is 11.2 Å². The third-order valence-electron chi connectivity index (χ3n) is 5.19. The number of aliphatic hydroxyl groups excluding tert-OH is 1. The molecular weight excluding hydrogens is 324 g/mol. The number of pyridine rings is 1. The lowest BCUT2D eigenvalue weighted by atomic mass is 9.86. The van der Waals surface area contributed by atoms with Crippen LogP contribution in [0.15, 0.2) is 66.9 Å². The van der Waals surface area contributed by atoms with E-state index >= 15 is 0 Å². The first kappa shape index (κ1) is 16.7. The molecule has 1 saturated heterocycles. The molecule has 2 aromatic carbocycles. The Morgan fingerprint density at radius 3 is 2.65 bits per heavy atom. The van der Waals surface area contributed by atoms with Gasteiger partial charge in [-0.15, -0.1) is 0 Å². The van der Waals surface area contributed by atoms with Crippen LogP contribution in [0.2, 0.25) is 0 Å². The fraction of sp³-hybridized carbons (Fsp3) is 0.273. The van der Waals surface area contributed by atoms with Crippen LogP contribution in [0.1, 0.15) is 23.6 Å². The van der Waals surface area contributed by atoms with E-state index in [0.717, 1.165) is 17.7 Å². The minimum absolute atomic E-state index is 0.0275. The Kier molecular flexibility index (Phi) is 4.67. The van der Waals surface area contributed by atoms with Gasteiger partial charge in [-0.1, -0.05) is 48.5 Å². The Bertz CT molecular complexity index is 910. The van der Waals surface area contributed by atoms with Crippen molar-refractivity contribution in [3.05, 3.63) is 78.1 Å². The standard InChI is InChI=1S/C22H22N2O2/c25-21-15-24(22(26)14-19-7-3-4-11-23-19)12-10-20(21)18-9-8-16-5-1-2-6-17(16)13-18/h1-9,11,13,20-21,25H,10,12,14-15H2/t20-,21+/m0/s1. The number of fused-ring (bicyclic) bond motifs is 1. The quantitative estimate of drug-likeness (QED) is 0.793. The summed E-state index contributed by atoms with van der Waals surface area (Å²) in [5.74, 6) is 0.0956. The zero-order valence-electron chi connectivity index (χ0n) is 14.6. The van der Waals surface area contributed by atoms with Crippen LogP contribution in [0.25, 0.3) is 10.8 Å². The van der Waals surface area contributed by atoms with Gasteiger partial charge in [0.05, 0.1) is 12.5 Å². The maximum atomic E-state index is 12.5. The molecule has 1 fully saturated rings. The van der Waals surface area contributed by atoms with Gasteiger partial charge in [-0.2, -0.15) is 0 Å². The highest BCUT2D eigenvalue weighted by molar-refractivity contribution is 5.83. The summed E-state index contributed by atoms with van der Waals surface area (Å²) >= 11 is 0. The normalized spacial score (nSPS) is 20.3. The van der Waals surface area contributed by atoms with Gasteiger partial charge in [0.2, 0.25) is 5.91 Å². The Labute approximate surface area is 153 Å². The number of amides is 1. The number of aliphatic hydroxyl groups is 1. The highest BCUT2D eigenvalue weighted by Crippen LogP contribution is 2.30. The second-order valence-electron chi connectivity index (χ2n) is 6.91. The van der Waals surface area contributed by atoms with Crippen LogP contribution in [-0.4, -0.2) is 40.1 Å². The molecular formula is C22H22N2O2. The summed E-state index contributed by atoms with van der Waals surface area (Å²) in [5, 5.41) is 13.1. The van der Waals surface area contributed by atoms with Crippen molar-refractivity contribution in [2.24, 2.45) is 0 Å². The van der Waals surface area contributed by atoms with E-state index in [1.807, 2.05) is 30.3 Å². The molecule has 1 amide bonds. The minimum Gasteiger partial charge on any atom is -0.391 e. The smallest absolute Gasteiger partial charge is 0.228 e. The number of likely N-dealkylation sites (tertiary alicyclic amines) is 1. The maximum absolute atomic E-state index is 12.5. The number of hydrogen-bond acceptors (Lipinski definition) is 3. The molecule has 4 heteroatoms. The molecule has 1 N–H and O–H groups in total. The van der Waals surface area contributed by atoms with Gasteiger partial charge >= 0.3 is 0 Å². The number of hydrogen-bond donors (Lipinski definition) is 1. The Hall–Kier alpha value is -2.72. The van der Waals surface area contributed by atoms with E-state index in [4.69, 9.17) is 0 Å². The third kappa shape index (κ3) is 3.46. The predicted octanol–water partition coefficient (Wildman–Crippen LogP) is 3.15. The molecule has 26 heavy (non-hydrogen) atoms. The van der Waals surface area contributed by atoms with E-state index < -0.39 is 6.10 Å². The van der Waals surface area contributed by atoms with E-state index in [2.05, 4.69) is 35.3 Å². The lowest BCUT2D eigenvalue weighted by Gasteiger charge is -2.36. The summed E-state index contributed by atoms with van der Waals surface area (Å²) in [5.41, 5.74) is 1.91. The summed E-state index contributed by atoms with van der Waals surface area (Å²) in [7, 11) is 0. The van der Waals surface area contributed by atoms with E-state index in [1.54, 1.807) is 11.1 Å². The first-order chi connectivity index (χ1) is 12.7. The summed E-state index contributed by atoms with van der Waals surface area (Å²) in [6.07, 6.45) is 2.21. The highest BCUT2D eigenvalue weighted by atomic mass is 16.3. The van der Waals surface area contributed by atoms with Gasteiger partial charge in [-0.3, -0.25) is 9.78 Å². The molecule has 0 bridgehead atoms. The van der Waals surface area contributed by atoms with E-state index in [-0.39, 0.29) is 18.2 Å². The van der Waals surface area contributed by atoms with Crippen LogP contribution in [0.3, 0.4) is 0 Å². The molecule has 132 valence electrons. The van der Waals surface area contributed by atoms with Crippen molar-refractivity contribution >= 4 is 16.7 Å². The number of piperidine rings is 1. The number of carbonyl (C=O) groups is 1. The van der Waals surface area contributed by atoms with Crippen molar-refractivity contribution in [1.29, 1.82) is 0 Å². The molecule has 0 radical (unpaired) electrons. The monoisotopic (exact) mass is 346 g/mol. The van der Waals surface area contributed by atoms with Crippen LogP contribution >= 0.6 is 0 Å². The Morgan fingerprint density at radius 1 is 1.08 bits per heavy atom. The van der Waals surface area contributed by atoms with Gasteiger partial charge in [-0.05, 0) is 34.9 Å². The first-order valence-electron chi connectivity index (χ1n) is 9.05. The van der Waals surface area contributed by atoms with Gasteiger partial charge in [0.15, 0.2) is 0 Å². The molecule has 0 aliphatic carbocycles. The second-order valence-corrected chi connectivity index (χ2v) is 6.91. The molecule has 0 saturated carbocycles. The molecule has 3 aromatic rings. The average Bonchev–Trinajstić information content (AvgIpc) is 2.68. The van der Waals surface area contributed by atoms with Crippen molar-refractivity contribution in [1.82, 2.24) is 9.88 Å². The predicted molar refractivity (Wildman–Crippen MR) is 102 cm³/mol. The molecule has 1 aromatic heterocycles. The van der Waals surface area contributed by atoms with Gasteiger partial charge in [0.1, 0.15) is 0 Å². The summed E-state index contributed by atoms with van der Waals surface area (Å²) in [6.45, 7) is 1.05. The number of aromatic nitrogens is 1. The van der Waals surface area contributed by atoms with Crippen molar-refractivity contribution in [2.45, 2.75) is 24.9 Å². The largest absolute Gasteiger partial charge is 0.391 e. The van der Waals surface area contributed by atoms with E-state index in [0.29, 0.717) is 13.1 Å². The lowest BCUT2D eigenvalue weighted by molar-refractivity contribution is -0.134. The number of carbonyl (C=O) groups excluding carboxylic acids is 1. The number of β-amino-alcohol motifs (C(OH)–C–C–N with tert-alkyl or cyclic N) is 1. The van der Waals surface area contributed by atoms with Gasteiger partial charge in [0.25, 0.3) is 0 Å². The third-order valence-corrected chi connectivity index (χ3v) is 5.19. The van der Waals surface area contributed by atoms with Crippen LogP contribution in [0.5, 0.6) is 0 Å². The molecule has 2 heterocycles. The summed E-state index contributed by atoms with van der Waals surface area (Å²) in [6, 6.07) is 20.2. The molecule has 1 aliphatic rings. The van der Waals surface area contributed by atoms with E-state index in [9.17, 15) is 9.90 Å². The number of nitrogens with zero attached hydrogens (tertiary/aromatic N) is 2. The molecule has 0 spiro atoms. The van der Waals surface area contributed by atoms with Crippen molar-refractivity contribution in [2.75, 3.05) is 13.1 Å². The Morgan fingerprint density at radius 2 is 1.88 bits per heavy atom. The number of rotatable bonds is 3. The van der Waals surface area contributed by atoms with Crippen LogP contribution in [0.4, 0.5) is 0 Å².